The molecule has 6 nitrogen and oxygen atoms in total. The number of carbonyl (C=O) groups is 1. The first-order valence-electron chi connectivity index (χ1n) is 10.4. The number of nitrogens with one attached hydrogen (secondary N) is 1. The van der Waals surface area contributed by atoms with E-state index in [4.69, 9.17) is 4.42 Å². The van der Waals surface area contributed by atoms with Crippen LogP contribution in [0.2, 0.25) is 0 Å². The Morgan fingerprint density at radius 1 is 1.13 bits per heavy atom. The number of nitrogens with zero attached hydrogens (tertiary/aromatic N) is 3. The fourth-order valence-corrected chi connectivity index (χ4v) is 3.80. The van der Waals surface area contributed by atoms with E-state index >= 15 is 0 Å². The van der Waals surface area contributed by atoms with E-state index in [1.807, 2.05) is 48.7 Å². The van der Waals surface area contributed by atoms with Gasteiger partial charge in [-0.2, -0.15) is 0 Å². The minimum absolute atomic E-state index is 0.0427. The van der Waals surface area contributed by atoms with E-state index in [1.165, 1.54) is 0 Å². The molecule has 1 N–H and O–H groups in total. The number of amides is 1. The number of hydrogen-bond donors (Lipinski definition) is 1. The monoisotopic (exact) mass is 426 g/mol. The van der Waals surface area contributed by atoms with Crippen molar-refractivity contribution in [1.82, 2.24) is 20.1 Å². The summed E-state index contributed by atoms with van der Waals surface area (Å²) in [6.07, 6.45) is 4.68. The molecule has 0 bridgehead atoms. The Morgan fingerprint density at radius 3 is 2.67 bits per heavy atom. The first-order chi connectivity index (χ1) is 14.6. The van der Waals surface area contributed by atoms with Gasteiger partial charge in [-0.25, -0.2) is 0 Å². The van der Waals surface area contributed by atoms with Crippen molar-refractivity contribution in [1.29, 1.82) is 0 Å². The molecular weight excluding hydrogens is 396 g/mol. The van der Waals surface area contributed by atoms with E-state index in [0.29, 0.717) is 25.3 Å². The second kappa shape index (κ2) is 11.0. The van der Waals surface area contributed by atoms with Gasteiger partial charge in [-0.15, -0.1) is 10.2 Å². The summed E-state index contributed by atoms with van der Waals surface area (Å²) in [5.74, 6) is 3.23. The van der Waals surface area contributed by atoms with Crippen LogP contribution in [0.25, 0.3) is 11.3 Å². The molecule has 3 rings (SSSR count). The molecule has 1 aromatic carbocycles. The number of thioether (sulfide) groups is 1. The molecule has 2 aromatic heterocycles. The van der Waals surface area contributed by atoms with Crippen molar-refractivity contribution in [2.75, 3.05) is 12.8 Å². The third kappa shape index (κ3) is 6.23. The maximum atomic E-state index is 12.2. The largest absolute Gasteiger partial charge is 0.461 e. The number of carbonyl (C=O) groups excluding carboxylic acids is 1. The Morgan fingerprint density at radius 2 is 1.93 bits per heavy atom. The minimum atomic E-state index is 0.0427. The zero-order valence-electron chi connectivity index (χ0n) is 17.9. The lowest BCUT2D eigenvalue weighted by Gasteiger charge is -2.11. The highest BCUT2D eigenvalue weighted by Crippen LogP contribution is 2.22. The molecule has 2 heterocycles. The Labute approximate surface area is 182 Å². The Balaban J connectivity index is 1.40. The fourth-order valence-electron chi connectivity index (χ4n) is 3.27. The van der Waals surface area contributed by atoms with Gasteiger partial charge in [-0.05, 0) is 30.7 Å². The van der Waals surface area contributed by atoms with Crippen LogP contribution in [0.4, 0.5) is 0 Å². The number of benzene rings is 1. The molecule has 3 aromatic rings. The van der Waals surface area contributed by atoms with Gasteiger partial charge >= 0.3 is 0 Å². The maximum Gasteiger partial charge on any atom is 0.220 e. The quantitative estimate of drug-likeness (QED) is 0.358. The average molecular weight is 427 g/mol. The smallest absolute Gasteiger partial charge is 0.220 e. The first kappa shape index (κ1) is 22.2. The van der Waals surface area contributed by atoms with Crippen LogP contribution in [0.15, 0.2) is 52.0 Å². The second-order valence-corrected chi connectivity index (χ2v) is 8.47. The summed E-state index contributed by atoms with van der Waals surface area (Å²) >= 11 is 1.62. The third-order valence-electron chi connectivity index (χ3n) is 4.74. The van der Waals surface area contributed by atoms with Gasteiger partial charge in [-0.3, -0.25) is 4.79 Å². The molecule has 0 aliphatic carbocycles. The highest BCUT2D eigenvalue weighted by atomic mass is 32.2. The van der Waals surface area contributed by atoms with Crippen molar-refractivity contribution < 1.29 is 9.21 Å². The lowest BCUT2D eigenvalue weighted by molar-refractivity contribution is -0.121. The zero-order valence-corrected chi connectivity index (χ0v) is 18.7. The van der Waals surface area contributed by atoms with Gasteiger partial charge in [0.2, 0.25) is 5.91 Å². The molecule has 0 radical (unpaired) electrons. The standard InChI is InChI=1S/C23H30N4O2S/c1-17(2)16-27-21(25-26-23(27)30-3)10-7-15-24-22(28)14-12-19-11-13-20(29-19)18-8-5-4-6-9-18/h4-6,8-9,11,13,17H,7,10,12,14-16H2,1-3H3,(H,24,28). The molecule has 30 heavy (non-hydrogen) atoms. The maximum absolute atomic E-state index is 12.2. The zero-order chi connectivity index (χ0) is 21.3. The van der Waals surface area contributed by atoms with Crippen molar-refractivity contribution in [3.8, 4) is 11.3 Å². The highest BCUT2D eigenvalue weighted by molar-refractivity contribution is 7.98. The number of rotatable bonds is 11. The van der Waals surface area contributed by atoms with Gasteiger partial charge < -0.3 is 14.3 Å². The van der Waals surface area contributed by atoms with Gasteiger partial charge in [0.1, 0.15) is 17.3 Å². The Bertz CT molecular complexity index is 934. The Hall–Kier alpha value is -2.54. The minimum Gasteiger partial charge on any atom is -0.461 e. The summed E-state index contributed by atoms with van der Waals surface area (Å²) in [5, 5.41) is 12.5. The van der Waals surface area contributed by atoms with Gasteiger partial charge in [0.15, 0.2) is 5.16 Å². The molecule has 0 saturated carbocycles. The topological polar surface area (TPSA) is 73.0 Å². The van der Waals surface area contributed by atoms with Crippen LogP contribution in [-0.2, 0) is 24.2 Å². The van der Waals surface area contributed by atoms with Crippen LogP contribution in [0, 0.1) is 5.92 Å². The summed E-state index contributed by atoms with van der Waals surface area (Å²) in [6.45, 7) is 5.93. The van der Waals surface area contributed by atoms with Crippen molar-refractivity contribution >= 4 is 17.7 Å². The molecule has 160 valence electrons. The lowest BCUT2D eigenvalue weighted by Crippen LogP contribution is -2.25. The van der Waals surface area contributed by atoms with Crippen molar-refractivity contribution in [2.45, 2.75) is 51.2 Å². The number of aromatic nitrogens is 3. The lowest BCUT2D eigenvalue weighted by atomic mass is 10.2. The van der Waals surface area contributed by atoms with Crippen LogP contribution in [-0.4, -0.2) is 33.5 Å². The molecule has 1 amide bonds. The van der Waals surface area contributed by atoms with Gasteiger partial charge in [0, 0.05) is 37.9 Å². The summed E-state index contributed by atoms with van der Waals surface area (Å²) < 4.78 is 8.05. The van der Waals surface area contributed by atoms with Crippen molar-refractivity contribution in [3.63, 3.8) is 0 Å². The van der Waals surface area contributed by atoms with E-state index in [2.05, 4.69) is 33.9 Å². The van der Waals surface area contributed by atoms with E-state index in [1.54, 1.807) is 11.8 Å². The second-order valence-electron chi connectivity index (χ2n) is 7.69. The van der Waals surface area contributed by atoms with E-state index in [-0.39, 0.29) is 5.91 Å². The molecule has 0 aliphatic rings. The van der Waals surface area contributed by atoms with Gasteiger partial charge in [0.25, 0.3) is 0 Å². The van der Waals surface area contributed by atoms with E-state index in [0.717, 1.165) is 47.5 Å². The Kier molecular flexibility index (Phi) is 8.13. The molecule has 0 spiro atoms. The van der Waals surface area contributed by atoms with Crippen molar-refractivity contribution in [3.05, 3.63) is 54.0 Å². The number of aryl methyl sites for hydroxylation is 2. The molecular formula is C23H30N4O2S. The van der Waals surface area contributed by atoms with E-state index in [9.17, 15) is 4.79 Å². The van der Waals surface area contributed by atoms with Gasteiger partial charge in [0.05, 0.1) is 0 Å². The molecule has 0 aliphatic heterocycles. The predicted octanol–water partition coefficient (Wildman–Crippen LogP) is 4.60. The number of furan rings is 1. The van der Waals surface area contributed by atoms with Crippen LogP contribution in [0.5, 0.6) is 0 Å². The average Bonchev–Trinajstić information content (AvgIpc) is 3.37. The van der Waals surface area contributed by atoms with E-state index < -0.39 is 0 Å². The molecule has 0 atom stereocenters. The van der Waals surface area contributed by atoms with Gasteiger partial charge in [-0.1, -0.05) is 55.9 Å². The summed E-state index contributed by atoms with van der Waals surface area (Å²) in [4.78, 5) is 12.2. The van der Waals surface area contributed by atoms with Crippen LogP contribution in [0.3, 0.4) is 0 Å². The molecule has 7 heteroatoms. The predicted molar refractivity (Wildman–Crippen MR) is 120 cm³/mol. The third-order valence-corrected chi connectivity index (χ3v) is 5.41. The summed E-state index contributed by atoms with van der Waals surface area (Å²) in [5.41, 5.74) is 1.04. The molecule has 0 unspecified atom stereocenters. The molecule has 0 saturated heterocycles. The SMILES string of the molecule is CSc1nnc(CCCNC(=O)CCc2ccc(-c3ccccc3)o2)n1CC(C)C. The highest BCUT2D eigenvalue weighted by Gasteiger charge is 2.13. The fraction of sp³-hybridized carbons (Fsp3) is 0.435. The molecule has 0 fully saturated rings. The van der Waals surface area contributed by atoms with Crippen LogP contribution < -0.4 is 5.32 Å². The number of hydrogen-bond acceptors (Lipinski definition) is 5. The normalized spacial score (nSPS) is 11.2. The summed E-state index contributed by atoms with van der Waals surface area (Å²) in [6, 6.07) is 13.9. The van der Waals surface area contributed by atoms with Crippen LogP contribution >= 0.6 is 11.8 Å². The van der Waals surface area contributed by atoms with Crippen LogP contribution in [0.1, 0.15) is 38.3 Å². The summed E-state index contributed by atoms with van der Waals surface area (Å²) in [7, 11) is 0. The van der Waals surface area contributed by atoms with Crippen molar-refractivity contribution in [2.24, 2.45) is 5.92 Å². The first-order valence-corrected chi connectivity index (χ1v) is 11.7.